The van der Waals surface area contributed by atoms with Crippen molar-refractivity contribution in [2.45, 2.75) is 0 Å². The minimum Gasteiger partial charge on any atom is -0.383 e. The molecule has 0 unspecified atom stereocenters. The Labute approximate surface area is 98.6 Å². The summed E-state index contributed by atoms with van der Waals surface area (Å²) in [4.78, 5) is 14.3. The quantitative estimate of drug-likeness (QED) is 0.722. The number of carbonyl (C=O) groups is 1. The molecule has 84 valence electrons. The summed E-state index contributed by atoms with van der Waals surface area (Å²) in [5.41, 5.74) is 0. The standard InChI is InChI=1S/C10H14ClNO2S/c1-12(5-6-14-2)7-8(13)9-3-4-10(11)15-9/h3-4H,5-7H2,1-2H3. The van der Waals surface area contributed by atoms with Gasteiger partial charge in [-0.2, -0.15) is 0 Å². The van der Waals surface area contributed by atoms with Crippen molar-refractivity contribution in [1.82, 2.24) is 4.90 Å². The molecule has 3 nitrogen and oxygen atoms in total. The predicted octanol–water partition coefficient (Wildman–Crippen LogP) is 2.16. The summed E-state index contributed by atoms with van der Waals surface area (Å²) >= 11 is 7.08. The molecule has 1 rings (SSSR count). The van der Waals surface area contributed by atoms with E-state index in [1.54, 1.807) is 19.2 Å². The molecule has 0 N–H and O–H groups in total. The number of carbonyl (C=O) groups excluding carboxylic acids is 1. The smallest absolute Gasteiger partial charge is 0.186 e. The van der Waals surface area contributed by atoms with Gasteiger partial charge in [0, 0.05) is 13.7 Å². The normalized spacial score (nSPS) is 10.9. The number of methoxy groups -OCH3 is 1. The monoisotopic (exact) mass is 247 g/mol. The number of hydrogen-bond acceptors (Lipinski definition) is 4. The molecule has 0 aliphatic carbocycles. The zero-order chi connectivity index (χ0) is 11.3. The average Bonchev–Trinajstić information content (AvgIpc) is 2.61. The van der Waals surface area contributed by atoms with E-state index in [4.69, 9.17) is 16.3 Å². The van der Waals surface area contributed by atoms with Crippen molar-refractivity contribution >= 4 is 28.7 Å². The Morgan fingerprint density at radius 1 is 1.60 bits per heavy atom. The Morgan fingerprint density at radius 3 is 2.87 bits per heavy atom. The molecule has 0 radical (unpaired) electrons. The van der Waals surface area contributed by atoms with Gasteiger partial charge in [0.25, 0.3) is 0 Å². The van der Waals surface area contributed by atoms with E-state index in [1.165, 1.54) is 11.3 Å². The highest BCUT2D eigenvalue weighted by Crippen LogP contribution is 2.21. The SMILES string of the molecule is COCCN(C)CC(=O)c1ccc(Cl)s1. The van der Waals surface area contributed by atoms with Crippen LogP contribution in [0.15, 0.2) is 12.1 Å². The van der Waals surface area contributed by atoms with Crippen LogP contribution in [0.1, 0.15) is 9.67 Å². The van der Waals surface area contributed by atoms with Crippen LogP contribution in [0, 0.1) is 0 Å². The molecule has 0 spiro atoms. The second-order valence-corrected chi connectivity index (χ2v) is 4.97. The van der Waals surface area contributed by atoms with Gasteiger partial charge in [-0.05, 0) is 19.2 Å². The number of thiophene rings is 1. The minimum atomic E-state index is 0.102. The molecule has 1 heterocycles. The molecule has 0 amide bonds. The molecule has 0 fully saturated rings. The van der Waals surface area contributed by atoms with Gasteiger partial charge < -0.3 is 4.74 Å². The molecule has 0 aliphatic heterocycles. The average molecular weight is 248 g/mol. The number of ether oxygens (including phenoxy) is 1. The lowest BCUT2D eigenvalue weighted by atomic mass is 10.3. The zero-order valence-corrected chi connectivity index (χ0v) is 10.4. The summed E-state index contributed by atoms with van der Waals surface area (Å²) in [7, 11) is 3.54. The van der Waals surface area contributed by atoms with Gasteiger partial charge in [-0.3, -0.25) is 9.69 Å². The first kappa shape index (κ1) is 12.6. The van der Waals surface area contributed by atoms with Crippen molar-refractivity contribution in [1.29, 1.82) is 0 Å². The highest BCUT2D eigenvalue weighted by atomic mass is 35.5. The molecule has 0 aromatic carbocycles. The van der Waals surface area contributed by atoms with Gasteiger partial charge in [0.2, 0.25) is 0 Å². The van der Waals surface area contributed by atoms with Crippen LogP contribution in [0.25, 0.3) is 0 Å². The Balaban J connectivity index is 2.42. The Hall–Kier alpha value is -0.420. The van der Waals surface area contributed by atoms with Gasteiger partial charge in [-0.1, -0.05) is 11.6 Å². The number of Topliss-reactive ketones (excluding diaryl/α,β-unsaturated/α-hetero) is 1. The summed E-state index contributed by atoms with van der Waals surface area (Å²) in [6.45, 7) is 1.79. The van der Waals surface area contributed by atoms with Crippen LogP contribution >= 0.6 is 22.9 Å². The van der Waals surface area contributed by atoms with Gasteiger partial charge >= 0.3 is 0 Å². The molecule has 15 heavy (non-hydrogen) atoms. The fourth-order valence-corrected chi connectivity index (χ4v) is 2.09. The van der Waals surface area contributed by atoms with E-state index in [0.29, 0.717) is 22.4 Å². The second kappa shape index (κ2) is 6.23. The van der Waals surface area contributed by atoms with E-state index in [1.807, 2.05) is 11.9 Å². The summed E-state index contributed by atoms with van der Waals surface area (Å²) in [5, 5.41) is 0. The van der Waals surface area contributed by atoms with E-state index < -0.39 is 0 Å². The number of rotatable bonds is 6. The molecular weight excluding hydrogens is 234 g/mol. The fourth-order valence-electron chi connectivity index (χ4n) is 1.11. The van der Waals surface area contributed by atoms with Crippen LogP contribution in [0.5, 0.6) is 0 Å². The van der Waals surface area contributed by atoms with E-state index in [-0.39, 0.29) is 5.78 Å². The van der Waals surface area contributed by atoms with Crippen LogP contribution in [0.3, 0.4) is 0 Å². The van der Waals surface area contributed by atoms with E-state index in [2.05, 4.69) is 0 Å². The summed E-state index contributed by atoms with van der Waals surface area (Å²) < 4.78 is 5.58. The predicted molar refractivity (Wildman–Crippen MR) is 63.0 cm³/mol. The van der Waals surface area contributed by atoms with Crippen molar-refractivity contribution in [2.75, 3.05) is 33.9 Å². The third kappa shape index (κ3) is 4.30. The number of nitrogens with zero attached hydrogens (tertiary/aromatic N) is 1. The lowest BCUT2D eigenvalue weighted by Crippen LogP contribution is -2.28. The van der Waals surface area contributed by atoms with Crippen LogP contribution in [0.2, 0.25) is 4.34 Å². The van der Waals surface area contributed by atoms with Gasteiger partial charge in [0.05, 0.1) is 22.4 Å². The van der Waals surface area contributed by atoms with Crippen molar-refractivity contribution < 1.29 is 9.53 Å². The summed E-state index contributed by atoms with van der Waals surface area (Å²) in [6.07, 6.45) is 0. The molecule has 1 aromatic rings. The lowest BCUT2D eigenvalue weighted by molar-refractivity contribution is 0.0926. The fraction of sp³-hybridized carbons (Fsp3) is 0.500. The topological polar surface area (TPSA) is 29.5 Å². The van der Waals surface area contributed by atoms with Crippen molar-refractivity contribution in [3.8, 4) is 0 Å². The molecule has 0 aliphatic rings. The molecule has 0 saturated heterocycles. The van der Waals surface area contributed by atoms with Crippen LogP contribution in [0.4, 0.5) is 0 Å². The maximum atomic E-state index is 11.7. The van der Waals surface area contributed by atoms with Crippen LogP contribution in [-0.2, 0) is 4.74 Å². The lowest BCUT2D eigenvalue weighted by Gasteiger charge is -2.13. The highest BCUT2D eigenvalue weighted by Gasteiger charge is 2.11. The molecule has 0 atom stereocenters. The number of ketones is 1. The highest BCUT2D eigenvalue weighted by molar-refractivity contribution is 7.18. The van der Waals surface area contributed by atoms with E-state index in [0.717, 1.165) is 6.54 Å². The first-order valence-electron chi connectivity index (χ1n) is 4.59. The van der Waals surface area contributed by atoms with Crippen molar-refractivity contribution in [3.05, 3.63) is 21.3 Å². The minimum absolute atomic E-state index is 0.102. The zero-order valence-electron chi connectivity index (χ0n) is 8.83. The number of likely N-dealkylation sites (N-methyl/N-ethyl adjacent to an activating group) is 1. The first-order chi connectivity index (χ1) is 7.13. The van der Waals surface area contributed by atoms with Crippen molar-refractivity contribution in [2.24, 2.45) is 0 Å². The molecular formula is C10H14ClNO2S. The maximum Gasteiger partial charge on any atom is 0.186 e. The Morgan fingerprint density at radius 2 is 2.33 bits per heavy atom. The third-order valence-corrected chi connectivity index (χ3v) is 3.21. The number of halogens is 1. The maximum absolute atomic E-state index is 11.7. The Kier molecular flexibility index (Phi) is 5.25. The molecule has 0 bridgehead atoms. The van der Waals surface area contributed by atoms with Gasteiger partial charge in [-0.15, -0.1) is 11.3 Å². The second-order valence-electron chi connectivity index (χ2n) is 3.26. The largest absolute Gasteiger partial charge is 0.383 e. The molecule has 5 heteroatoms. The van der Waals surface area contributed by atoms with E-state index >= 15 is 0 Å². The summed E-state index contributed by atoms with van der Waals surface area (Å²) in [6, 6.07) is 3.51. The summed E-state index contributed by atoms with van der Waals surface area (Å²) in [5.74, 6) is 0.102. The Bertz CT molecular complexity index is 327. The van der Waals surface area contributed by atoms with Gasteiger partial charge in [-0.25, -0.2) is 0 Å². The van der Waals surface area contributed by atoms with Gasteiger partial charge in [0.1, 0.15) is 0 Å². The van der Waals surface area contributed by atoms with E-state index in [9.17, 15) is 4.79 Å². The molecule has 1 aromatic heterocycles. The molecule has 0 saturated carbocycles. The van der Waals surface area contributed by atoms with Crippen molar-refractivity contribution in [3.63, 3.8) is 0 Å². The van der Waals surface area contributed by atoms with Gasteiger partial charge in [0.15, 0.2) is 5.78 Å². The number of hydrogen-bond donors (Lipinski definition) is 0. The van der Waals surface area contributed by atoms with Crippen LogP contribution < -0.4 is 0 Å². The van der Waals surface area contributed by atoms with Crippen LogP contribution in [-0.4, -0.2) is 44.5 Å². The third-order valence-electron chi connectivity index (χ3n) is 1.94. The first-order valence-corrected chi connectivity index (χ1v) is 5.79.